The second kappa shape index (κ2) is 3.38. The van der Waals surface area contributed by atoms with Gasteiger partial charge in [-0.05, 0) is 13.8 Å². The molecule has 1 rings (SSSR count). The lowest BCUT2D eigenvalue weighted by Crippen LogP contribution is -2.08. The van der Waals surface area contributed by atoms with Gasteiger partial charge in [-0.3, -0.25) is 9.59 Å². The molecule has 0 unspecified atom stereocenters. The fourth-order valence-corrected chi connectivity index (χ4v) is 1.11. The summed E-state index contributed by atoms with van der Waals surface area (Å²) in [6, 6.07) is 0. The Kier molecular flexibility index (Phi) is 2.46. The first-order valence-corrected chi connectivity index (χ1v) is 3.70. The molecular formula is C8H9NO4. The molecule has 1 N–H and O–H groups in total. The van der Waals surface area contributed by atoms with E-state index in [1.807, 2.05) is 0 Å². The van der Waals surface area contributed by atoms with Crippen molar-refractivity contribution >= 4 is 11.8 Å². The molecule has 1 aromatic rings. The second-order valence-electron chi connectivity index (χ2n) is 2.69. The monoisotopic (exact) mass is 183 g/mol. The van der Waals surface area contributed by atoms with Crippen LogP contribution in [0.25, 0.3) is 0 Å². The highest BCUT2D eigenvalue weighted by Gasteiger charge is 2.19. The standard InChI is InChI=1S/C8H9NO4/c1-4-8(5(2)13-9-4)6(10)3-7(11)12/h3H2,1-2H3,(H,11,12). The third kappa shape index (κ3) is 1.93. The van der Waals surface area contributed by atoms with Crippen molar-refractivity contribution in [2.75, 3.05) is 0 Å². The molecule has 0 saturated heterocycles. The van der Waals surface area contributed by atoms with Crippen molar-refractivity contribution in [1.29, 1.82) is 0 Å². The predicted molar refractivity (Wildman–Crippen MR) is 42.6 cm³/mol. The molecule has 0 bridgehead atoms. The fourth-order valence-electron chi connectivity index (χ4n) is 1.11. The number of carbonyl (C=O) groups is 2. The van der Waals surface area contributed by atoms with Gasteiger partial charge in [-0.1, -0.05) is 5.16 Å². The molecule has 1 aromatic heterocycles. The van der Waals surface area contributed by atoms with E-state index in [4.69, 9.17) is 9.63 Å². The van der Waals surface area contributed by atoms with Crippen LogP contribution in [0.4, 0.5) is 0 Å². The Morgan fingerprint density at radius 3 is 2.46 bits per heavy atom. The van der Waals surface area contributed by atoms with E-state index in [9.17, 15) is 9.59 Å². The average molecular weight is 183 g/mol. The van der Waals surface area contributed by atoms with Gasteiger partial charge in [-0.15, -0.1) is 0 Å². The first-order chi connectivity index (χ1) is 6.02. The number of carbonyl (C=O) groups excluding carboxylic acids is 1. The quantitative estimate of drug-likeness (QED) is 0.557. The minimum atomic E-state index is -1.15. The largest absolute Gasteiger partial charge is 0.481 e. The van der Waals surface area contributed by atoms with Crippen molar-refractivity contribution in [3.63, 3.8) is 0 Å². The number of rotatable bonds is 3. The third-order valence-corrected chi connectivity index (χ3v) is 1.62. The van der Waals surface area contributed by atoms with Gasteiger partial charge in [0.1, 0.15) is 12.2 Å². The van der Waals surface area contributed by atoms with Gasteiger partial charge in [0.15, 0.2) is 5.78 Å². The Bertz CT molecular complexity index is 334. The molecule has 0 aliphatic heterocycles. The van der Waals surface area contributed by atoms with Crippen LogP contribution < -0.4 is 0 Å². The van der Waals surface area contributed by atoms with Crippen LogP contribution in [0.3, 0.4) is 0 Å². The summed E-state index contributed by atoms with van der Waals surface area (Å²) in [5.74, 6) is -1.25. The molecule has 13 heavy (non-hydrogen) atoms. The minimum absolute atomic E-state index is 0.280. The number of aromatic nitrogens is 1. The van der Waals surface area contributed by atoms with Crippen LogP contribution in [0.15, 0.2) is 4.52 Å². The lowest BCUT2D eigenvalue weighted by atomic mass is 10.1. The topological polar surface area (TPSA) is 80.4 Å². The summed E-state index contributed by atoms with van der Waals surface area (Å²) in [7, 11) is 0. The fraction of sp³-hybridized carbons (Fsp3) is 0.375. The van der Waals surface area contributed by atoms with Crippen molar-refractivity contribution in [2.45, 2.75) is 20.3 Å². The first-order valence-electron chi connectivity index (χ1n) is 3.70. The zero-order valence-corrected chi connectivity index (χ0v) is 7.33. The summed E-state index contributed by atoms with van der Waals surface area (Å²) >= 11 is 0. The molecule has 0 amide bonds. The molecule has 70 valence electrons. The highest BCUT2D eigenvalue weighted by Crippen LogP contribution is 2.14. The van der Waals surface area contributed by atoms with E-state index in [0.717, 1.165) is 0 Å². The number of carboxylic acid groups (broad SMARTS) is 1. The van der Waals surface area contributed by atoms with Crippen LogP contribution in [0.5, 0.6) is 0 Å². The molecule has 0 atom stereocenters. The summed E-state index contributed by atoms with van der Waals surface area (Å²) in [5, 5.41) is 11.9. The Labute approximate surface area is 74.3 Å². The Hall–Kier alpha value is -1.65. The number of hydrogen-bond donors (Lipinski definition) is 1. The maximum Gasteiger partial charge on any atom is 0.311 e. The van der Waals surface area contributed by atoms with Gasteiger partial charge in [-0.25, -0.2) is 0 Å². The van der Waals surface area contributed by atoms with E-state index >= 15 is 0 Å². The Balaban J connectivity index is 2.94. The van der Waals surface area contributed by atoms with Gasteiger partial charge < -0.3 is 9.63 Å². The van der Waals surface area contributed by atoms with Crippen molar-refractivity contribution < 1.29 is 19.2 Å². The molecule has 1 heterocycles. The van der Waals surface area contributed by atoms with Gasteiger partial charge in [0, 0.05) is 0 Å². The van der Waals surface area contributed by atoms with Gasteiger partial charge in [0.25, 0.3) is 0 Å². The summed E-state index contributed by atoms with van der Waals surface area (Å²) in [6.45, 7) is 3.18. The van der Waals surface area contributed by atoms with Crippen molar-refractivity contribution in [3.05, 3.63) is 17.0 Å². The van der Waals surface area contributed by atoms with Crippen molar-refractivity contribution in [2.24, 2.45) is 0 Å². The maximum atomic E-state index is 11.3. The molecule has 0 spiro atoms. The van der Waals surface area contributed by atoms with Crippen LogP contribution in [0, 0.1) is 13.8 Å². The van der Waals surface area contributed by atoms with Crippen molar-refractivity contribution in [3.8, 4) is 0 Å². The number of nitrogens with zero attached hydrogens (tertiary/aromatic N) is 1. The van der Waals surface area contributed by atoms with Crippen LogP contribution in [0.2, 0.25) is 0 Å². The molecule has 5 nitrogen and oxygen atoms in total. The molecule has 5 heteroatoms. The number of aryl methyl sites for hydroxylation is 2. The van der Waals surface area contributed by atoms with Gasteiger partial charge >= 0.3 is 5.97 Å². The van der Waals surface area contributed by atoms with Crippen molar-refractivity contribution in [1.82, 2.24) is 5.16 Å². The number of hydrogen-bond acceptors (Lipinski definition) is 4. The Morgan fingerprint density at radius 1 is 1.46 bits per heavy atom. The van der Waals surface area contributed by atoms with Gasteiger partial charge in [0.2, 0.25) is 0 Å². The minimum Gasteiger partial charge on any atom is -0.481 e. The number of ketones is 1. The van der Waals surface area contributed by atoms with E-state index < -0.39 is 18.2 Å². The average Bonchev–Trinajstić information content (AvgIpc) is 2.29. The summed E-state index contributed by atoms with van der Waals surface area (Å²) in [4.78, 5) is 21.5. The highest BCUT2D eigenvalue weighted by atomic mass is 16.5. The predicted octanol–water partition coefficient (Wildman–Crippen LogP) is 0.949. The van der Waals surface area contributed by atoms with Gasteiger partial charge in [-0.2, -0.15) is 0 Å². The number of aliphatic carboxylic acids is 1. The molecule has 0 aromatic carbocycles. The number of carboxylic acids is 1. The molecular weight excluding hydrogens is 174 g/mol. The zero-order valence-electron chi connectivity index (χ0n) is 7.33. The summed E-state index contributed by atoms with van der Waals surface area (Å²) < 4.78 is 4.73. The van der Waals surface area contributed by atoms with E-state index in [1.165, 1.54) is 0 Å². The molecule has 0 fully saturated rings. The van der Waals surface area contributed by atoms with Crippen LogP contribution >= 0.6 is 0 Å². The zero-order chi connectivity index (χ0) is 10.0. The van der Waals surface area contributed by atoms with Gasteiger partial charge in [0.05, 0.1) is 11.3 Å². The SMILES string of the molecule is Cc1noc(C)c1C(=O)CC(=O)O. The lowest BCUT2D eigenvalue weighted by molar-refractivity contribution is -0.135. The second-order valence-corrected chi connectivity index (χ2v) is 2.69. The first kappa shape index (κ1) is 9.44. The normalized spacial score (nSPS) is 10.0. The van der Waals surface area contributed by atoms with E-state index in [2.05, 4.69) is 5.16 Å². The smallest absolute Gasteiger partial charge is 0.311 e. The van der Waals surface area contributed by atoms with E-state index in [-0.39, 0.29) is 5.56 Å². The van der Waals surface area contributed by atoms with Crippen LogP contribution in [-0.4, -0.2) is 22.0 Å². The van der Waals surface area contributed by atoms with Crippen LogP contribution in [-0.2, 0) is 4.79 Å². The third-order valence-electron chi connectivity index (χ3n) is 1.62. The number of Topliss-reactive ketones (excluding diaryl/α,β-unsaturated/α-hetero) is 1. The Morgan fingerprint density at radius 2 is 2.08 bits per heavy atom. The molecule has 0 radical (unpaired) electrons. The lowest BCUT2D eigenvalue weighted by Gasteiger charge is -1.94. The molecule has 0 saturated carbocycles. The molecule has 0 aliphatic rings. The summed E-state index contributed by atoms with van der Waals surface area (Å²) in [5.41, 5.74) is 0.714. The van der Waals surface area contributed by atoms with Crippen LogP contribution in [0.1, 0.15) is 28.2 Å². The molecule has 0 aliphatic carbocycles. The van der Waals surface area contributed by atoms with E-state index in [1.54, 1.807) is 13.8 Å². The highest BCUT2D eigenvalue weighted by molar-refractivity contribution is 6.06. The summed E-state index contributed by atoms with van der Waals surface area (Å²) in [6.07, 6.45) is -0.525. The van der Waals surface area contributed by atoms with E-state index in [0.29, 0.717) is 11.5 Å². The maximum absolute atomic E-state index is 11.3.